The number of nitrogens with zero attached hydrogens (tertiary/aromatic N) is 2. The van der Waals surface area contributed by atoms with Crippen molar-refractivity contribution in [1.82, 2.24) is 4.90 Å². The molecule has 3 aromatic carbocycles. The van der Waals surface area contributed by atoms with Crippen LogP contribution < -0.4 is 14.4 Å². The third-order valence-corrected chi connectivity index (χ3v) is 6.26. The van der Waals surface area contributed by atoms with Gasteiger partial charge in [-0.05, 0) is 35.9 Å². The van der Waals surface area contributed by atoms with Crippen LogP contribution in [0.4, 0.5) is 5.69 Å². The fourth-order valence-corrected chi connectivity index (χ4v) is 4.55. The lowest BCUT2D eigenvalue weighted by Gasteiger charge is -2.40. The fraction of sp³-hybridized carbons (Fsp3) is 0.269. The Morgan fingerprint density at radius 3 is 2.27 bits per heavy atom. The molecule has 7 nitrogen and oxygen atoms in total. The highest BCUT2D eigenvalue weighted by atomic mass is 16.7. The molecule has 2 heterocycles. The van der Waals surface area contributed by atoms with E-state index >= 15 is 0 Å². The molecule has 5 rings (SSSR count). The van der Waals surface area contributed by atoms with Crippen LogP contribution in [0.2, 0.25) is 0 Å². The number of ether oxygens (including phenoxy) is 3. The van der Waals surface area contributed by atoms with Gasteiger partial charge in [0.05, 0.1) is 18.7 Å². The van der Waals surface area contributed by atoms with Crippen LogP contribution >= 0.6 is 0 Å². The Bertz CT molecular complexity index is 1130. The topological polar surface area (TPSA) is 71.5 Å². The number of carbonyl (C=O) groups excluding carboxylic acids is 1. The van der Waals surface area contributed by atoms with Gasteiger partial charge >= 0.3 is 5.97 Å². The molecule has 3 aromatic rings. The van der Waals surface area contributed by atoms with E-state index in [2.05, 4.69) is 34.1 Å². The number of hydrogen-bond acceptors (Lipinski definition) is 7. The van der Waals surface area contributed by atoms with Crippen molar-refractivity contribution < 1.29 is 24.1 Å². The molecule has 0 spiro atoms. The highest BCUT2D eigenvalue weighted by molar-refractivity contribution is 5.89. The van der Waals surface area contributed by atoms with E-state index in [0.29, 0.717) is 17.1 Å². The molecule has 0 aromatic heterocycles. The molecule has 33 heavy (non-hydrogen) atoms. The van der Waals surface area contributed by atoms with Gasteiger partial charge in [-0.3, -0.25) is 4.90 Å². The second-order valence-electron chi connectivity index (χ2n) is 8.14. The number of phenols is 1. The van der Waals surface area contributed by atoms with Gasteiger partial charge in [0.15, 0.2) is 11.5 Å². The van der Waals surface area contributed by atoms with Gasteiger partial charge in [-0.1, -0.05) is 30.3 Å². The number of piperazine rings is 1. The average molecular weight is 447 g/mol. The van der Waals surface area contributed by atoms with Crippen LogP contribution in [0.1, 0.15) is 27.5 Å². The van der Waals surface area contributed by atoms with Crippen LogP contribution in [0, 0.1) is 0 Å². The Kier molecular flexibility index (Phi) is 5.79. The zero-order valence-corrected chi connectivity index (χ0v) is 18.4. The first-order chi connectivity index (χ1) is 16.1. The Morgan fingerprint density at radius 2 is 1.61 bits per heavy atom. The Labute approximate surface area is 192 Å². The summed E-state index contributed by atoms with van der Waals surface area (Å²) in [6.07, 6.45) is 0. The number of anilines is 1. The first kappa shape index (κ1) is 21.2. The molecule has 2 aliphatic rings. The molecule has 7 heteroatoms. The standard InChI is InChI=1S/C26H26N2O5/c1-31-26(30)19-9-7-18(8-10-19)25(21-15-23-24(16-22(21)29)33-17-32-23)28-13-11-27(12-14-28)20-5-3-2-4-6-20/h2-10,15-16,25,29H,11-14,17H2,1H3/t25-/m1/s1. The highest BCUT2D eigenvalue weighted by Gasteiger charge is 2.30. The largest absolute Gasteiger partial charge is 0.507 e. The number of methoxy groups -OCH3 is 1. The third-order valence-electron chi connectivity index (χ3n) is 6.26. The second-order valence-corrected chi connectivity index (χ2v) is 8.14. The summed E-state index contributed by atoms with van der Waals surface area (Å²) < 4.78 is 15.9. The minimum atomic E-state index is -0.375. The minimum Gasteiger partial charge on any atom is -0.507 e. The molecule has 1 saturated heterocycles. The highest BCUT2D eigenvalue weighted by Crippen LogP contribution is 2.43. The van der Waals surface area contributed by atoms with Gasteiger partial charge < -0.3 is 24.2 Å². The molecule has 0 aliphatic carbocycles. The van der Waals surface area contributed by atoms with E-state index in [9.17, 15) is 9.90 Å². The SMILES string of the molecule is COC(=O)c1ccc([C@H](c2cc3c(cc2O)OCO3)N2CCN(c3ccccc3)CC2)cc1. The van der Waals surface area contributed by atoms with Gasteiger partial charge in [-0.2, -0.15) is 0 Å². The lowest BCUT2D eigenvalue weighted by atomic mass is 9.94. The fourth-order valence-electron chi connectivity index (χ4n) is 4.55. The molecule has 0 radical (unpaired) electrons. The number of esters is 1. The van der Waals surface area contributed by atoms with E-state index in [1.807, 2.05) is 24.3 Å². The molecule has 0 bridgehead atoms. The molecule has 1 atom stereocenters. The summed E-state index contributed by atoms with van der Waals surface area (Å²) in [6.45, 7) is 3.50. The second kappa shape index (κ2) is 9.03. The van der Waals surface area contributed by atoms with E-state index in [0.717, 1.165) is 37.3 Å². The first-order valence-electron chi connectivity index (χ1n) is 11.0. The van der Waals surface area contributed by atoms with E-state index < -0.39 is 0 Å². The number of benzene rings is 3. The third kappa shape index (κ3) is 4.19. The predicted octanol–water partition coefficient (Wildman–Crippen LogP) is 3.82. The minimum absolute atomic E-state index is 0.145. The van der Waals surface area contributed by atoms with E-state index in [4.69, 9.17) is 14.2 Å². The molecule has 0 amide bonds. The van der Waals surface area contributed by atoms with Crippen LogP contribution in [0.3, 0.4) is 0 Å². The van der Waals surface area contributed by atoms with E-state index in [1.165, 1.54) is 12.8 Å². The normalized spacial score (nSPS) is 16.5. The maximum Gasteiger partial charge on any atom is 0.337 e. The summed E-state index contributed by atoms with van der Waals surface area (Å²) >= 11 is 0. The van der Waals surface area contributed by atoms with Crippen molar-refractivity contribution in [3.8, 4) is 17.2 Å². The lowest BCUT2D eigenvalue weighted by molar-refractivity contribution is 0.0600. The summed E-state index contributed by atoms with van der Waals surface area (Å²) in [5.41, 5.74) is 3.43. The number of fused-ring (bicyclic) bond motifs is 1. The van der Waals surface area contributed by atoms with Crippen LogP contribution in [0.5, 0.6) is 17.2 Å². The number of aromatic hydroxyl groups is 1. The molecule has 1 fully saturated rings. The van der Waals surface area contributed by atoms with Gasteiger partial charge in [-0.15, -0.1) is 0 Å². The lowest BCUT2D eigenvalue weighted by Crippen LogP contribution is -2.48. The van der Waals surface area contributed by atoms with Gasteiger partial charge in [0.1, 0.15) is 5.75 Å². The predicted molar refractivity (Wildman–Crippen MR) is 124 cm³/mol. The summed E-state index contributed by atoms with van der Waals surface area (Å²) in [5, 5.41) is 10.9. The van der Waals surface area contributed by atoms with E-state index in [1.54, 1.807) is 18.2 Å². The van der Waals surface area contributed by atoms with Crippen molar-refractivity contribution in [2.45, 2.75) is 6.04 Å². The number of hydrogen-bond donors (Lipinski definition) is 1. The number of phenolic OH excluding ortho intramolecular Hbond substituents is 1. The average Bonchev–Trinajstić information content (AvgIpc) is 3.32. The van der Waals surface area contributed by atoms with Crippen LogP contribution in [0.15, 0.2) is 66.7 Å². The van der Waals surface area contributed by atoms with Crippen molar-refractivity contribution in [3.63, 3.8) is 0 Å². The van der Waals surface area contributed by atoms with Crippen molar-refractivity contribution in [1.29, 1.82) is 0 Å². The molecular formula is C26H26N2O5. The Morgan fingerprint density at radius 1 is 0.939 bits per heavy atom. The number of carbonyl (C=O) groups is 1. The van der Waals surface area contributed by atoms with E-state index in [-0.39, 0.29) is 24.6 Å². The Balaban J connectivity index is 1.47. The maximum atomic E-state index is 11.9. The Hall–Kier alpha value is -3.71. The molecule has 2 aliphatic heterocycles. The summed E-state index contributed by atoms with van der Waals surface area (Å²) in [5.74, 6) is 0.958. The van der Waals surface area contributed by atoms with Crippen LogP contribution in [0.25, 0.3) is 0 Å². The summed E-state index contributed by atoms with van der Waals surface area (Å²) in [4.78, 5) is 16.6. The van der Waals surface area contributed by atoms with Crippen molar-refractivity contribution in [2.24, 2.45) is 0 Å². The number of para-hydroxylation sites is 1. The monoisotopic (exact) mass is 446 g/mol. The first-order valence-corrected chi connectivity index (χ1v) is 11.0. The molecule has 170 valence electrons. The van der Waals surface area contributed by atoms with Gasteiger partial charge in [0, 0.05) is 43.5 Å². The van der Waals surface area contributed by atoms with Gasteiger partial charge in [0.2, 0.25) is 6.79 Å². The summed E-state index contributed by atoms with van der Waals surface area (Å²) in [7, 11) is 1.37. The zero-order valence-electron chi connectivity index (χ0n) is 18.4. The zero-order chi connectivity index (χ0) is 22.8. The van der Waals surface area contributed by atoms with Crippen molar-refractivity contribution >= 4 is 11.7 Å². The van der Waals surface area contributed by atoms with Crippen LogP contribution in [-0.4, -0.2) is 56.1 Å². The molecule has 0 saturated carbocycles. The van der Waals surface area contributed by atoms with Gasteiger partial charge in [-0.25, -0.2) is 4.79 Å². The quantitative estimate of drug-likeness (QED) is 0.598. The van der Waals surface area contributed by atoms with Crippen molar-refractivity contribution in [2.75, 3.05) is 45.0 Å². The number of rotatable bonds is 5. The van der Waals surface area contributed by atoms with Crippen LogP contribution in [-0.2, 0) is 4.74 Å². The van der Waals surface area contributed by atoms with Gasteiger partial charge in [0.25, 0.3) is 0 Å². The maximum absolute atomic E-state index is 11.9. The smallest absolute Gasteiger partial charge is 0.337 e. The summed E-state index contributed by atoms with van der Waals surface area (Å²) in [6, 6.07) is 21.0. The molecule has 1 N–H and O–H groups in total. The molecule has 0 unspecified atom stereocenters. The molecular weight excluding hydrogens is 420 g/mol. The van der Waals surface area contributed by atoms with Crippen molar-refractivity contribution in [3.05, 3.63) is 83.4 Å².